The molecular weight excluding hydrogens is 216 g/mol. The Balaban J connectivity index is 2.80. The summed E-state index contributed by atoms with van der Waals surface area (Å²) in [6.07, 6.45) is 0. The Morgan fingerprint density at radius 1 is 1.41 bits per heavy atom. The van der Waals surface area contributed by atoms with Crippen LogP contribution in [0.3, 0.4) is 0 Å². The van der Waals surface area contributed by atoms with E-state index in [0.717, 1.165) is 17.8 Å². The third-order valence-electron chi connectivity index (χ3n) is 2.49. The Kier molecular flexibility index (Phi) is 5.66. The van der Waals surface area contributed by atoms with E-state index < -0.39 is 0 Å². The Hall–Kier alpha value is -1.39. The summed E-state index contributed by atoms with van der Waals surface area (Å²) in [7, 11) is 1.51. The highest BCUT2D eigenvalue weighted by molar-refractivity contribution is 5.92. The first-order valence-electron chi connectivity index (χ1n) is 5.80. The number of carbonyl (C=O) groups is 1. The molecule has 0 radical (unpaired) electrons. The smallest absolute Gasteiger partial charge is 0.250 e. The minimum absolute atomic E-state index is 0.0733. The molecule has 0 bridgehead atoms. The number of rotatable bonds is 6. The van der Waals surface area contributed by atoms with E-state index in [1.807, 2.05) is 24.3 Å². The van der Waals surface area contributed by atoms with Gasteiger partial charge in [-0.2, -0.15) is 0 Å². The Morgan fingerprint density at radius 2 is 2.12 bits per heavy atom. The molecule has 1 aromatic rings. The van der Waals surface area contributed by atoms with E-state index in [0.29, 0.717) is 0 Å². The van der Waals surface area contributed by atoms with Crippen LogP contribution in [0.4, 0.5) is 5.69 Å². The quantitative estimate of drug-likeness (QED) is 0.793. The zero-order chi connectivity index (χ0) is 12.7. The molecule has 2 N–H and O–H groups in total. The molecule has 0 aliphatic carbocycles. The van der Waals surface area contributed by atoms with Gasteiger partial charge in [-0.05, 0) is 25.1 Å². The van der Waals surface area contributed by atoms with Gasteiger partial charge in [0, 0.05) is 18.8 Å². The summed E-state index contributed by atoms with van der Waals surface area (Å²) < 4.78 is 4.80. The lowest BCUT2D eigenvalue weighted by Crippen LogP contribution is -2.22. The molecule has 0 aliphatic rings. The van der Waals surface area contributed by atoms with Crippen LogP contribution >= 0.6 is 0 Å². The van der Waals surface area contributed by atoms with Crippen molar-refractivity contribution in [2.24, 2.45) is 0 Å². The van der Waals surface area contributed by atoms with E-state index in [2.05, 4.69) is 24.5 Å². The molecule has 4 nitrogen and oxygen atoms in total. The minimum Gasteiger partial charge on any atom is -0.375 e. The standard InChI is InChI=1S/C13H20N2O2/c1-4-14-10(2)11-7-5-6-8-12(11)15-13(16)9-17-3/h5-8,10,14H,4,9H2,1-3H3,(H,15,16). The first-order chi connectivity index (χ1) is 8.19. The van der Waals surface area contributed by atoms with Gasteiger partial charge in [0.15, 0.2) is 0 Å². The number of nitrogens with one attached hydrogen (secondary N) is 2. The second-order valence-electron chi connectivity index (χ2n) is 3.85. The molecule has 0 heterocycles. The van der Waals surface area contributed by atoms with Gasteiger partial charge in [0.2, 0.25) is 5.91 Å². The number of amides is 1. The highest BCUT2D eigenvalue weighted by Crippen LogP contribution is 2.22. The number of carbonyl (C=O) groups excluding carboxylic acids is 1. The monoisotopic (exact) mass is 236 g/mol. The molecule has 1 aromatic carbocycles. The zero-order valence-corrected chi connectivity index (χ0v) is 10.6. The van der Waals surface area contributed by atoms with Gasteiger partial charge < -0.3 is 15.4 Å². The zero-order valence-electron chi connectivity index (χ0n) is 10.6. The van der Waals surface area contributed by atoms with E-state index in [-0.39, 0.29) is 18.6 Å². The molecule has 0 saturated heterocycles. The largest absolute Gasteiger partial charge is 0.375 e. The van der Waals surface area contributed by atoms with Crippen LogP contribution in [-0.2, 0) is 9.53 Å². The topological polar surface area (TPSA) is 50.4 Å². The van der Waals surface area contributed by atoms with Crippen molar-refractivity contribution in [3.8, 4) is 0 Å². The van der Waals surface area contributed by atoms with E-state index in [9.17, 15) is 4.79 Å². The molecule has 0 aromatic heterocycles. The highest BCUT2D eigenvalue weighted by atomic mass is 16.5. The fourth-order valence-electron chi connectivity index (χ4n) is 1.72. The van der Waals surface area contributed by atoms with Crippen LogP contribution in [0.25, 0.3) is 0 Å². The van der Waals surface area contributed by atoms with Crippen molar-refractivity contribution in [2.75, 3.05) is 25.6 Å². The number of hydrogen-bond acceptors (Lipinski definition) is 3. The fourth-order valence-corrected chi connectivity index (χ4v) is 1.72. The Bertz CT molecular complexity index is 366. The second kappa shape index (κ2) is 7.04. The predicted molar refractivity (Wildman–Crippen MR) is 69.0 cm³/mol. The molecule has 0 spiro atoms. The predicted octanol–water partition coefficient (Wildman–Crippen LogP) is 1.94. The lowest BCUT2D eigenvalue weighted by molar-refractivity contribution is -0.119. The summed E-state index contributed by atoms with van der Waals surface area (Å²) in [5.74, 6) is -0.136. The van der Waals surface area contributed by atoms with Gasteiger partial charge in [0.1, 0.15) is 6.61 Å². The van der Waals surface area contributed by atoms with Crippen LogP contribution in [0.15, 0.2) is 24.3 Å². The van der Waals surface area contributed by atoms with Gasteiger partial charge in [-0.15, -0.1) is 0 Å². The van der Waals surface area contributed by atoms with Crippen LogP contribution in [0.2, 0.25) is 0 Å². The maximum absolute atomic E-state index is 11.5. The van der Waals surface area contributed by atoms with E-state index in [1.54, 1.807) is 0 Å². The first kappa shape index (κ1) is 13.7. The van der Waals surface area contributed by atoms with Crippen molar-refractivity contribution >= 4 is 11.6 Å². The summed E-state index contributed by atoms with van der Waals surface area (Å²) in [4.78, 5) is 11.5. The van der Waals surface area contributed by atoms with Crippen LogP contribution in [0.5, 0.6) is 0 Å². The summed E-state index contributed by atoms with van der Waals surface area (Å²) >= 11 is 0. The number of benzene rings is 1. The number of methoxy groups -OCH3 is 1. The molecule has 0 fully saturated rings. The van der Waals surface area contributed by atoms with Gasteiger partial charge in [-0.1, -0.05) is 25.1 Å². The van der Waals surface area contributed by atoms with Gasteiger partial charge in [-0.3, -0.25) is 4.79 Å². The Labute approximate surface area is 102 Å². The third-order valence-corrected chi connectivity index (χ3v) is 2.49. The number of hydrogen-bond donors (Lipinski definition) is 2. The average molecular weight is 236 g/mol. The van der Waals surface area contributed by atoms with Gasteiger partial charge in [0.05, 0.1) is 0 Å². The molecule has 0 saturated carbocycles. The molecule has 1 atom stereocenters. The summed E-state index contributed by atoms with van der Waals surface area (Å²) in [5, 5.41) is 6.17. The first-order valence-corrected chi connectivity index (χ1v) is 5.80. The lowest BCUT2D eigenvalue weighted by Gasteiger charge is -2.17. The molecule has 17 heavy (non-hydrogen) atoms. The maximum atomic E-state index is 11.5. The van der Waals surface area contributed by atoms with Crippen LogP contribution in [0, 0.1) is 0 Å². The van der Waals surface area contributed by atoms with Crippen molar-refractivity contribution in [1.29, 1.82) is 0 Å². The molecule has 94 valence electrons. The fraction of sp³-hybridized carbons (Fsp3) is 0.462. The van der Waals surface area contributed by atoms with Crippen molar-refractivity contribution in [3.05, 3.63) is 29.8 Å². The van der Waals surface area contributed by atoms with E-state index >= 15 is 0 Å². The average Bonchev–Trinajstić information content (AvgIpc) is 2.30. The number of para-hydroxylation sites is 1. The number of ether oxygens (including phenoxy) is 1. The van der Waals surface area contributed by atoms with E-state index in [1.165, 1.54) is 7.11 Å². The Morgan fingerprint density at radius 3 is 2.76 bits per heavy atom. The van der Waals surface area contributed by atoms with Gasteiger partial charge in [-0.25, -0.2) is 0 Å². The summed E-state index contributed by atoms with van der Waals surface area (Å²) in [6.45, 7) is 5.10. The van der Waals surface area contributed by atoms with Crippen molar-refractivity contribution in [1.82, 2.24) is 5.32 Å². The molecular formula is C13H20N2O2. The lowest BCUT2D eigenvalue weighted by atomic mass is 10.1. The van der Waals surface area contributed by atoms with Crippen molar-refractivity contribution in [2.45, 2.75) is 19.9 Å². The number of anilines is 1. The van der Waals surface area contributed by atoms with Crippen molar-refractivity contribution < 1.29 is 9.53 Å². The summed E-state index contributed by atoms with van der Waals surface area (Å²) in [5.41, 5.74) is 1.92. The summed E-state index contributed by atoms with van der Waals surface area (Å²) in [6, 6.07) is 7.99. The molecule has 0 aliphatic heterocycles. The molecule has 4 heteroatoms. The minimum atomic E-state index is -0.136. The second-order valence-corrected chi connectivity index (χ2v) is 3.85. The molecule has 1 unspecified atom stereocenters. The maximum Gasteiger partial charge on any atom is 0.250 e. The van der Waals surface area contributed by atoms with Crippen LogP contribution in [-0.4, -0.2) is 26.2 Å². The normalized spacial score (nSPS) is 12.2. The van der Waals surface area contributed by atoms with Gasteiger partial charge in [0.25, 0.3) is 0 Å². The van der Waals surface area contributed by atoms with E-state index in [4.69, 9.17) is 4.74 Å². The third kappa shape index (κ3) is 4.17. The van der Waals surface area contributed by atoms with Crippen LogP contribution in [0.1, 0.15) is 25.5 Å². The molecule has 1 rings (SSSR count). The van der Waals surface area contributed by atoms with Crippen LogP contribution < -0.4 is 10.6 Å². The van der Waals surface area contributed by atoms with Crippen molar-refractivity contribution in [3.63, 3.8) is 0 Å². The SMILES string of the molecule is CCNC(C)c1ccccc1NC(=O)COC. The van der Waals surface area contributed by atoms with Gasteiger partial charge >= 0.3 is 0 Å². The molecule has 1 amide bonds. The highest BCUT2D eigenvalue weighted by Gasteiger charge is 2.10.